The summed E-state index contributed by atoms with van der Waals surface area (Å²) in [5, 5.41) is 0. The molecule has 2 heteroatoms. The maximum atomic E-state index is 5.82. The SMILES string of the molecule is CC(C)(C)ONC1C(C)(C)[C@H]2CC[C@]1(C)C2. The molecule has 2 aliphatic rings. The molecule has 0 spiro atoms. The van der Waals surface area contributed by atoms with Gasteiger partial charge in [0.15, 0.2) is 0 Å². The minimum atomic E-state index is -0.103. The minimum absolute atomic E-state index is 0.103. The van der Waals surface area contributed by atoms with E-state index in [1.54, 1.807) is 0 Å². The predicted octanol–water partition coefficient (Wildman–Crippen LogP) is 3.52. The van der Waals surface area contributed by atoms with Crippen molar-refractivity contribution in [3.05, 3.63) is 0 Å². The van der Waals surface area contributed by atoms with Crippen molar-refractivity contribution in [3.63, 3.8) is 0 Å². The molecule has 0 amide bonds. The summed E-state index contributed by atoms with van der Waals surface area (Å²) in [6, 6.07) is 0.498. The second-order valence-electron chi connectivity index (χ2n) is 7.68. The third-order valence-corrected chi connectivity index (χ3v) is 4.75. The van der Waals surface area contributed by atoms with Crippen molar-refractivity contribution in [1.29, 1.82) is 0 Å². The van der Waals surface area contributed by atoms with Gasteiger partial charge in [-0.1, -0.05) is 20.8 Å². The van der Waals surface area contributed by atoms with Gasteiger partial charge < -0.3 is 0 Å². The van der Waals surface area contributed by atoms with Gasteiger partial charge in [-0.25, -0.2) is 0 Å². The van der Waals surface area contributed by atoms with Crippen LogP contribution in [0.4, 0.5) is 0 Å². The van der Waals surface area contributed by atoms with Crippen molar-refractivity contribution in [2.75, 3.05) is 0 Å². The fourth-order valence-corrected chi connectivity index (χ4v) is 3.83. The van der Waals surface area contributed by atoms with Crippen LogP contribution in [0.25, 0.3) is 0 Å². The molecule has 0 saturated heterocycles. The van der Waals surface area contributed by atoms with Gasteiger partial charge in [-0.3, -0.25) is 4.84 Å². The Labute approximate surface area is 100 Å². The average molecular weight is 225 g/mol. The lowest BCUT2D eigenvalue weighted by Gasteiger charge is -2.43. The van der Waals surface area contributed by atoms with Gasteiger partial charge in [-0.2, -0.15) is 5.48 Å². The summed E-state index contributed by atoms with van der Waals surface area (Å²) in [6.45, 7) is 13.5. The van der Waals surface area contributed by atoms with E-state index in [1.165, 1.54) is 19.3 Å². The normalized spacial score (nSPS) is 41.6. The lowest BCUT2D eigenvalue weighted by molar-refractivity contribution is -0.124. The largest absolute Gasteiger partial charge is 0.296 e. The van der Waals surface area contributed by atoms with E-state index in [1.807, 2.05) is 0 Å². The maximum absolute atomic E-state index is 5.82. The highest BCUT2D eigenvalue weighted by Crippen LogP contribution is 2.62. The second-order valence-corrected chi connectivity index (χ2v) is 7.68. The van der Waals surface area contributed by atoms with Crippen LogP contribution in [0.3, 0.4) is 0 Å². The summed E-state index contributed by atoms with van der Waals surface area (Å²) in [4.78, 5) is 5.82. The van der Waals surface area contributed by atoms with Crippen LogP contribution in [-0.4, -0.2) is 11.6 Å². The van der Waals surface area contributed by atoms with E-state index in [-0.39, 0.29) is 5.60 Å². The van der Waals surface area contributed by atoms with Crippen LogP contribution in [0, 0.1) is 16.7 Å². The van der Waals surface area contributed by atoms with Crippen LogP contribution >= 0.6 is 0 Å². The van der Waals surface area contributed by atoms with Crippen LogP contribution in [-0.2, 0) is 4.84 Å². The molecule has 1 unspecified atom stereocenters. The van der Waals surface area contributed by atoms with Crippen molar-refractivity contribution in [2.24, 2.45) is 16.7 Å². The maximum Gasteiger partial charge on any atom is 0.0813 e. The monoisotopic (exact) mass is 225 g/mol. The smallest absolute Gasteiger partial charge is 0.0813 e. The average Bonchev–Trinajstić information content (AvgIpc) is 2.52. The van der Waals surface area contributed by atoms with E-state index in [0.717, 1.165) is 5.92 Å². The first-order valence-electron chi connectivity index (χ1n) is 6.59. The lowest BCUT2D eigenvalue weighted by Crippen LogP contribution is -2.52. The molecule has 16 heavy (non-hydrogen) atoms. The number of fused-ring (bicyclic) bond motifs is 2. The zero-order valence-corrected chi connectivity index (χ0v) is 11.7. The van der Waals surface area contributed by atoms with Crippen LogP contribution < -0.4 is 5.48 Å². The molecule has 94 valence electrons. The molecule has 0 aliphatic heterocycles. The second kappa shape index (κ2) is 3.46. The third-order valence-electron chi connectivity index (χ3n) is 4.75. The van der Waals surface area contributed by atoms with Gasteiger partial charge in [0.25, 0.3) is 0 Å². The zero-order chi connectivity index (χ0) is 12.2. The summed E-state index contributed by atoms with van der Waals surface area (Å²) in [5.41, 5.74) is 4.10. The molecule has 2 saturated carbocycles. The number of rotatable bonds is 2. The molecule has 2 fully saturated rings. The molecule has 2 nitrogen and oxygen atoms in total. The number of nitrogens with one attached hydrogen (secondary N) is 1. The van der Waals surface area contributed by atoms with Crippen LogP contribution in [0.1, 0.15) is 60.8 Å². The first-order chi connectivity index (χ1) is 7.15. The number of hydrogen-bond acceptors (Lipinski definition) is 2. The fraction of sp³-hybridized carbons (Fsp3) is 1.00. The number of hydroxylamine groups is 1. The van der Waals surface area contributed by atoms with Crippen LogP contribution in [0.2, 0.25) is 0 Å². The van der Waals surface area contributed by atoms with E-state index in [2.05, 4.69) is 47.0 Å². The Morgan fingerprint density at radius 2 is 1.81 bits per heavy atom. The Bertz CT molecular complexity index is 274. The zero-order valence-electron chi connectivity index (χ0n) is 11.7. The van der Waals surface area contributed by atoms with Crippen molar-refractivity contribution in [1.82, 2.24) is 5.48 Å². The van der Waals surface area contributed by atoms with E-state index >= 15 is 0 Å². The Kier molecular flexibility index (Phi) is 2.67. The summed E-state index contributed by atoms with van der Waals surface area (Å²) < 4.78 is 0. The van der Waals surface area contributed by atoms with E-state index in [9.17, 15) is 0 Å². The summed E-state index contributed by atoms with van der Waals surface area (Å²) in [6.07, 6.45) is 4.12. The van der Waals surface area contributed by atoms with Crippen molar-refractivity contribution in [2.45, 2.75) is 72.4 Å². The highest BCUT2D eigenvalue weighted by atomic mass is 16.7. The summed E-state index contributed by atoms with van der Waals surface area (Å²) in [5.74, 6) is 0.874. The third kappa shape index (κ3) is 1.91. The molecular formula is C14H27NO. The molecule has 0 aromatic carbocycles. The van der Waals surface area contributed by atoms with Crippen molar-refractivity contribution in [3.8, 4) is 0 Å². The molecule has 1 N–H and O–H groups in total. The molecule has 2 rings (SSSR count). The topological polar surface area (TPSA) is 21.3 Å². The van der Waals surface area contributed by atoms with Gasteiger partial charge in [-0.05, 0) is 56.8 Å². The van der Waals surface area contributed by atoms with Gasteiger partial charge in [0, 0.05) is 6.04 Å². The summed E-state index contributed by atoms with van der Waals surface area (Å²) in [7, 11) is 0. The molecule has 0 radical (unpaired) electrons. The van der Waals surface area contributed by atoms with Crippen molar-refractivity contribution >= 4 is 0 Å². The van der Waals surface area contributed by atoms with Crippen molar-refractivity contribution < 1.29 is 4.84 Å². The van der Waals surface area contributed by atoms with Gasteiger partial charge in [0.05, 0.1) is 5.60 Å². The highest BCUT2D eigenvalue weighted by Gasteiger charge is 2.59. The Morgan fingerprint density at radius 3 is 2.25 bits per heavy atom. The van der Waals surface area contributed by atoms with Crippen LogP contribution in [0.15, 0.2) is 0 Å². The molecule has 2 bridgehead atoms. The molecule has 0 heterocycles. The quantitative estimate of drug-likeness (QED) is 0.726. The van der Waals surface area contributed by atoms with E-state index < -0.39 is 0 Å². The minimum Gasteiger partial charge on any atom is -0.296 e. The van der Waals surface area contributed by atoms with E-state index in [4.69, 9.17) is 4.84 Å². The van der Waals surface area contributed by atoms with Gasteiger partial charge in [-0.15, -0.1) is 0 Å². The standard InChI is InChI=1S/C14H27NO/c1-12(2,3)16-15-11-13(4,5)10-7-8-14(11,6)9-10/h10-11,15H,7-9H2,1-6H3/t10-,11?,14+/m0/s1. The first-order valence-corrected chi connectivity index (χ1v) is 6.59. The summed E-state index contributed by atoms with van der Waals surface area (Å²) >= 11 is 0. The Balaban J connectivity index is 2.08. The molecule has 0 aromatic heterocycles. The van der Waals surface area contributed by atoms with Gasteiger partial charge >= 0.3 is 0 Å². The molecule has 2 aliphatic carbocycles. The number of hydrogen-bond donors (Lipinski definition) is 1. The van der Waals surface area contributed by atoms with Gasteiger partial charge in [0.2, 0.25) is 0 Å². The Morgan fingerprint density at radius 1 is 1.19 bits per heavy atom. The van der Waals surface area contributed by atoms with Crippen LogP contribution in [0.5, 0.6) is 0 Å². The van der Waals surface area contributed by atoms with Gasteiger partial charge in [0.1, 0.15) is 0 Å². The Hall–Kier alpha value is -0.0800. The van der Waals surface area contributed by atoms with E-state index in [0.29, 0.717) is 16.9 Å². The predicted molar refractivity (Wildman–Crippen MR) is 67.0 cm³/mol. The highest BCUT2D eigenvalue weighted by molar-refractivity contribution is 5.11. The molecule has 3 atom stereocenters. The first kappa shape index (κ1) is 12.4. The lowest BCUT2D eigenvalue weighted by atomic mass is 9.69. The molecular weight excluding hydrogens is 198 g/mol. The fourth-order valence-electron chi connectivity index (χ4n) is 3.83. The molecule has 0 aromatic rings.